The van der Waals surface area contributed by atoms with Gasteiger partial charge in [-0.15, -0.1) is 0 Å². The maximum atomic E-state index is 13.2. The van der Waals surface area contributed by atoms with E-state index in [1.807, 2.05) is 0 Å². The van der Waals surface area contributed by atoms with Crippen LogP contribution in [-0.2, 0) is 19.2 Å². The van der Waals surface area contributed by atoms with Crippen molar-refractivity contribution >= 4 is 105 Å². The minimum Gasteiger partial charge on any atom is -0.289 e. The first-order valence-electron chi connectivity index (χ1n) is 8.93. The number of imide groups is 2. The number of amides is 4. The summed E-state index contributed by atoms with van der Waals surface area (Å²) in [6, 6.07) is 6.03. The Morgan fingerprint density at radius 3 is 0.938 bits per heavy atom. The predicted octanol–water partition coefficient (Wildman–Crippen LogP) is 5.77. The van der Waals surface area contributed by atoms with Gasteiger partial charge >= 0.3 is 0 Å². The van der Waals surface area contributed by atoms with Crippen molar-refractivity contribution in [3.8, 4) is 0 Å². The summed E-state index contributed by atoms with van der Waals surface area (Å²) < 4.78 is 1.48. The lowest BCUT2D eigenvalue weighted by Gasteiger charge is -2.22. The second-order valence-corrected chi connectivity index (χ2v) is 10.1. The van der Waals surface area contributed by atoms with Gasteiger partial charge in [0.25, 0.3) is 0 Å². The van der Waals surface area contributed by atoms with Crippen molar-refractivity contribution in [2.45, 2.75) is 27.7 Å². The van der Waals surface area contributed by atoms with Gasteiger partial charge in [0.05, 0.1) is 11.4 Å². The van der Waals surface area contributed by atoms with Crippen LogP contribution >= 0.6 is 63.7 Å². The van der Waals surface area contributed by atoms with Crippen molar-refractivity contribution in [3.05, 3.63) is 53.3 Å². The standard InChI is InChI=1S/C21H16Br4N2O5/c1-9(28)26(10(2)29)19-15(22)5-13(6-16(19)23)21(32)14-7-17(24)20(18(25)8-14)27(11(3)30)12(4)31/h5-8H,1-4H3. The van der Waals surface area contributed by atoms with E-state index in [0.717, 1.165) is 9.80 Å². The summed E-state index contributed by atoms with van der Waals surface area (Å²) in [4.78, 5) is 62.8. The molecule has 0 aliphatic rings. The summed E-state index contributed by atoms with van der Waals surface area (Å²) in [6.45, 7) is 5.06. The average Bonchev–Trinajstić information content (AvgIpc) is 2.64. The zero-order valence-corrected chi connectivity index (χ0v) is 23.6. The second kappa shape index (κ2) is 10.5. The van der Waals surface area contributed by atoms with Crippen LogP contribution in [0.25, 0.3) is 0 Å². The molecule has 0 atom stereocenters. The van der Waals surface area contributed by atoms with Crippen molar-refractivity contribution in [2.75, 3.05) is 9.80 Å². The third-order valence-electron chi connectivity index (χ3n) is 4.26. The van der Waals surface area contributed by atoms with Crippen LogP contribution in [0.15, 0.2) is 42.2 Å². The summed E-state index contributed by atoms with van der Waals surface area (Å²) in [6.07, 6.45) is 0. The lowest BCUT2D eigenvalue weighted by Crippen LogP contribution is -2.33. The fourth-order valence-electron chi connectivity index (χ4n) is 3.06. The van der Waals surface area contributed by atoms with Crippen LogP contribution < -0.4 is 9.80 Å². The summed E-state index contributed by atoms with van der Waals surface area (Å²) in [5, 5.41) is 0. The molecule has 32 heavy (non-hydrogen) atoms. The molecule has 4 amide bonds. The number of halogens is 4. The Morgan fingerprint density at radius 2 is 0.750 bits per heavy atom. The third kappa shape index (κ3) is 5.44. The summed E-state index contributed by atoms with van der Waals surface area (Å²) in [7, 11) is 0. The minimum atomic E-state index is -0.470. The average molecular weight is 696 g/mol. The van der Waals surface area contributed by atoms with Gasteiger partial charge in [-0.3, -0.25) is 24.0 Å². The largest absolute Gasteiger partial charge is 0.289 e. The highest BCUT2D eigenvalue weighted by molar-refractivity contribution is 9.11. The molecule has 0 heterocycles. The number of benzene rings is 2. The van der Waals surface area contributed by atoms with Crippen molar-refractivity contribution in [2.24, 2.45) is 0 Å². The van der Waals surface area contributed by atoms with Gasteiger partial charge in [0.1, 0.15) is 0 Å². The van der Waals surface area contributed by atoms with Gasteiger partial charge in [-0.25, -0.2) is 9.80 Å². The maximum absolute atomic E-state index is 13.2. The Hall–Kier alpha value is -1.69. The molecule has 0 N–H and O–H groups in total. The van der Waals surface area contributed by atoms with Crippen LogP contribution in [-0.4, -0.2) is 29.4 Å². The molecule has 0 saturated carbocycles. The van der Waals surface area contributed by atoms with Gasteiger partial charge in [0.2, 0.25) is 23.6 Å². The molecule has 7 nitrogen and oxygen atoms in total. The third-order valence-corrected chi connectivity index (χ3v) is 6.68. The molecule has 2 rings (SSSR count). The molecular weight excluding hydrogens is 680 g/mol. The Kier molecular flexibility index (Phi) is 8.71. The van der Waals surface area contributed by atoms with Gasteiger partial charge in [-0.05, 0) is 88.0 Å². The Balaban J connectivity index is 2.57. The van der Waals surface area contributed by atoms with Crippen LogP contribution in [0.3, 0.4) is 0 Å². The lowest BCUT2D eigenvalue weighted by molar-refractivity contribution is -0.125. The number of carbonyl (C=O) groups excluding carboxylic acids is 5. The molecule has 0 bridgehead atoms. The molecule has 0 radical (unpaired) electrons. The van der Waals surface area contributed by atoms with E-state index in [1.165, 1.54) is 52.0 Å². The molecule has 0 aliphatic carbocycles. The zero-order chi connectivity index (χ0) is 24.5. The predicted molar refractivity (Wildman–Crippen MR) is 135 cm³/mol. The first kappa shape index (κ1) is 26.6. The van der Waals surface area contributed by atoms with Gasteiger partial charge in [0.15, 0.2) is 5.78 Å². The first-order chi connectivity index (χ1) is 14.8. The van der Waals surface area contributed by atoms with Crippen LogP contribution in [0, 0.1) is 0 Å². The number of hydrogen-bond donors (Lipinski definition) is 0. The monoisotopic (exact) mass is 692 g/mol. The summed E-state index contributed by atoms with van der Waals surface area (Å²) in [5.74, 6) is -2.24. The number of nitrogens with zero attached hydrogens (tertiary/aromatic N) is 2. The second-order valence-electron chi connectivity index (χ2n) is 6.65. The van der Waals surface area contributed by atoms with Crippen LogP contribution in [0.5, 0.6) is 0 Å². The van der Waals surface area contributed by atoms with Crippen LogP contribution in [0.1, 0.15) is 43.6 Å². The van der Waals surface area contributed by atoms with E-state index in [9.17, 15) is 24.0 Å². The molecule has 2 aromatic rings. The maximum Gasteiger partial charge on any atom is 0.230 e. The van der Waals surface area contributed by atoms with Crippen LogP contribution in [0.2, 0.25) is 0 Å². The first-order valence-corrected chi connectivity index (χ1v) is 12.1. The van der Waals surface area contributed by atoms with E-state index in [-0.39, 0.29) is 28.3 Å². The minimum absolute atomic E-state index is 0.279. The molecule has 0 aliphatic heterocycles. The number of anilines is 2. The smallest absolute Gasteiger partial charge is 0.230 e. The normalized spacial score (nSPS) is 10.5. The molecule has 0 unspecified atom stereocenters. The molecule has 11 heteroatoms. The Morgan fingerprint density at radius 1 is 0.531 bits per heavy atom. The molecule has 168 valence electrons. The number of carbonyl (C=O) groups is 5. The Bertz CT molecular complexity index is 1020. The molecule has 0 fully saturated rings. The van der Waals surface area contributed by atoms with Crippen molar-refractivity contribution < 1.29 is 24.0 Å². The Labute approximate surface area is 218 Å². The summed E-state index contributed by atoms with van der Waals surface area (Å²) >= 11 is 13.4. The fraction of sp³-hybridized carbons (Fsp3) is 0.190. The molecule has 0 spiro atoms. The highest BCUT2D eigenvalue weighted by Gasteiger charge is 2.26. The van der Waals surface area contributed by atoms with Gasteiger partial charge in [0, 0.05) is 56.7 Å². The van der Waals surface area contributed by atoms with Gasteiger partial charge < -0.3 is 0 Å². The van der Waals surface area contributed by atoms with Crippen molar-refractivity contribution in [3.63, 3.8) is 0 Å². The van der Waals surface area contributed by atoms with Crippen molar-refractivity contribution in [1.82, 2.24) is 0 Å². The number of rotatable bonds is 4. The molecule has 0 aromatic heterocycles. The van der Waals surface area contributed by atoms with Gasteiger partial charge in [-0.2, -0.15) is 0 Å². The lowest BCUT2D eigenvalue weighted by atomic mass is 10.0. The summed E-state index contributed by atoms with van der Waals surface area (Å²) in [5.41, 5.74) is 1.14. The fourth-order valence-corrected chi connectivity index (χ4v) is 6.14. The van der Waals surface area contributed by atoms with E-state index >= 15 is 0 Å². The van der Waals surface area contributed by atoms with E-state index in [1.54, 1.807) is 0 Å². The highest BCUT2D eigenvalue weighted by Crippen LogP contribution is 2.39. The zero-order valence-electron chi connectivity index (χ0n) is 17.3. The van der Waals surface area contributed by atoms with Crippen molar-refractivity contribution in [1.29, 1.82) is 0 Å². The van der Waals surface area contributed by atoms with E-state index in [0.29, 0.717) is 17.9 Å². The highest BCUT2D eigenvalue weighted by atomic mass is 79.9. The topological polar surface area (TPSA) is 91.8 Å². The van der Waals surface area contributed by atoms with E-state index in [2.05, 4.69) is 63.7 Å². The number of ketones is 1. The van der Waals surface area contributed by atoms with Gasteiger partial charge in [-0.1, -0.05) is 0 Å². The molecular formula is C21H16Br4N2O5. The molecule has 2 aromatic carbocycles. The number of hydrogen-bond acceptors (Lipinski definition) is 5. The molecule has 0 saturated heterocycles. The van der Waals surface area contributed by atoms with E-state index < -0.39 is 23.6 Å². The SMILES string of the molecule is CC(=O)N(C(C)=O)c1c(Br)cc(C(=O)c2cc(Br)c(N(C(C)=O)C(C)=O)c(Br)c2)cc1Br. The van der Waals surface area contributed by atoms with E-state index in [4.69, 9.17) is 0 Å². The van der Waals surface area contributed by atoms with Crippen LogP contribution in [0.4, 0.5) is 11.4 Å². The quantitative estimate of drug-likeness (QED) is 0.379.